The van der Waals surface area contributed by atoms with Crippen LogP contribution in [0, 0.1) is 54.3 Å². The van der Waals surface area contributed by atoms with Crippen LogP contribution in [0.15, 0.2) is 103 Å². The van der Waals surface area contributed by atoms with Gasteiger partial charge in [-0.2, -0.15) is 4.39 Å². The molecule has 12 aromatic rings. The number of likely N-dealkylation sites (tertiary alicyclic amines) is 4. The monoisotopic (exact) mass is 1760 g/mol. The highest BCUT2D eigenvalue weighted by molar-refractivity contribution is 6.04. The second kappa shape index (κ2) is 34.4. The number of carbonyl (C=O) groups excluding carboxylic acids is 4. The molecule has 8 bridgehead atoms. The molecular formula is C100H117FN20O9. The van der Waals surface area contributed by atoms with Crippen molar-refractivity contribution < 1.29 is 47.3 Å². The van der Waals surface area contributed by atoms with Gasteiger partial charge in [-0.1, -0.05) is 6.92 Å². The van der Waals surface area contributed by atoms with Crippen molar-refractivity contribution in [3.05, 3.63) is 160 Å². The van der Waals surface area contributed by atoms with Crippen LogP contribution in [0.4, 0.5) is 4.39 Å². The van der Waals surface area contributed by atoms with Crippen LogP contribution in [0.2, 0.25) is 0 Å². The van der Waals surface area contributed by atoms with Gasteiger partial charge < -0.3 is 84.5 Å². The van der Waals surface area contributed by atoms with Crippen LogP contribution >= 0.6 is 0 Å². The zero-order chi connectivity index (χ0) is 90.3. The molecule has 12 heterocycles. The van der Waals surface area contributed by atoms with E-state index in [2.05, 4.69) is 27.5 Å². The van der Waals surface area contributed by atoms with Gasteiger partial charge in [0.25, 0.3) is 23.6 Å². The molecule has 130 heavy (non-hydrogen) atoms. The number of fused-ring (bicyclic) bond motifs is 12. The summed E-state index contributed by atoms with van der Waals surface area (Å²) in [5, 5.41) is 0. The summed E-state index contributed by atoms with van der Waals surface area (Å²) < 4.78 is 50.3. The van der Waals surface area contributed by atoms with Crippen LogP contribution in [-0.2, 0) is 53.9 Å². The van der Waals surface area contributed by atoms with Crippen LogP contribution in [0.25, 0.3) is 89.7 Å². The summed E-state index contributed by atoms with van der Waals surface area (Å²) in [7, 11) is 16.0. The Kier molecular flexibility index (Phi) is 22.8. The molecule has 0 unspecified atom stereocenters. The fourth-order valence-corrected chi connectivity index (χ4v) is 22.6. The van der Waals surface area contributed by atoms with E-state index in [9.17, 15) is 23.6 Å². The molecule has 8 N–H and O–H groups in total. The van der Waals surface area contributed by atoms with E-state index in [1.165, 1.54) is 31.7 Å². The maximum Gasteiger partial charge on any atom is 0.254 e. The molecule has 4 amide bonds. The molecule has 7 aliphatic carbocycles. The summed E-state index contributed by atoms with van der Waals surface area (Å²) in [4.78, 5) is 99.2. The molecule has 0 radical (unpaired) electrons. The van der Waals surface area contributed by atoms with Gasteiger partial charge in [-0.25, -0.2) is 29.9 Å². The number of nitrogens with two attached hydrogens (primary N) is 4. The molecule has 7 saturated carbocycles. The first-order chi connectivity index (χ1) is 62.9. The van der Waals surface area contributed by atoms with Crippen molar-refractivity contribution in [2.24, 2.45) is 92.6 Å². The predicted molar refractivity (Wildman–Crippen MR) is 494 cm³/mol. The van der Waals surface area contributed by atoms with Gasteiger partial charge in [0.2, 0.25) is 11.8 Å². The molecule has 23 rings (SSSR count). The number of ether oxygens (including phenoxy) is 5. The Morgan fingerprint density at radius 2 is 0.692 bits per heavy atom. The third kappa shape index (κ3) is 15.5. The zero-order valence-electron chi connectivity index (χ0n) is 76.0. The van der Waals surface area contributed by atoms with Crippen molar-refractivity contribution in [1.82, 2.24) is 77.7 Å². The molecule has 11 fully saturated rings. The molecule has 4 saturated heterocycles. The average molecular weight is 1760 g/mol. The van der Waals surface area contributed by atoms with Gasteiger partial charge in [0.15, 0.2) is 0 Å². The fraction of sp³-hybridized carbons (Fsp3) is 0.480. The van der Waals surface area contributed by atoms with Gasteiger partial charge in [-0.3, -0.25) is 29.1 Å². The highest BCUT2D eigenvalue weighted by Crippen LogP contribution is 2.47. The third-order valence-corrected chi connectivity index (χ3v) is 30.3. The number of rotatable bonds is 20. The van der Waals surface area contributed by atoms with Crippen LogP contribution in [-0.4, -0.2) is 211 Å². The average Bonchev–Trinajstić information content (AvgIpc) is 1.60. The van der Waals surface area contributed by atoms with Crippen molar-refractivity contribution in [3.8, 4) is 74.4 Å². The van der Waals surface area contributed by atoms with Crippen LogP contribution < -0.4 is 46.6 Å². The molecule has 11 aliphatic rings. The SMILES string of the molecule is CCc1cnccc1-c1nc2cc(C(=O)N3C[C@H]4CC[C@@H]3[C@@H]4N)cc(OC)c2n1C.COc1cc(C(=O)N2C[C@H]3CC[C@@H]2[C@@H]3N)cc2nc(-c3ccc(C)nc3CC3CC3)n(C)c12.COc1cc(C(=O)N2C[C@H]3CC[C@@H]2[C@@H]3N)cc2nc(-c3ccc(F)nc3CC3CC3)n(C)c12.COc1ccc(-c2nc3cc(C(=O)N4C[C@H]5CC[C@@H]4[C@@H]5N)cc(OC)c3n2C)c(CC2CC2)n1. The zero-order valence-corrected chi connectivity index (χ0v) is 76.0. The minimum Gasteiger partial charge on any atom is -0.494 e. The fourth-order valence-electron chi connectivity index (χ4n) is 22.6. The van der Waals surface area contributed by atoms with Crippen LogP contribution in [0.1, 0.15) is 167 Å². The molecule has 0 spiro atoms. The lowest BCUT2D eigenvalue weighted by molar-refractivity contribution is 0.0693. The maximum absolute atomic E-state index is 13.9. The quantitative estimate of drug-likeness (QED) is 0.0515. The molecule has 12 atom stereocenters. The number of benzene rings is 4. The lowest BCUT2D eigenvalue weighted by Gasteiger charge is -2.27. The Labute approximate surface area is 755 Å². The largest absolute Gasteiger partial charge is 0.494 e. The van der Waals surface area contributed by atoms with Crippen molar-refractivity contribution in [2.45, 2.75) is 178 Å². The summed E-state index contributed by atoms with van der Waals surface area (Å²) in [5.41, 5.74) is 43.0. The van der Waals surface area contributed by atoms with Crippen molar-refractivity contribution in [1.29, 1.82) is 0 Å². The Morgan fingerprint density at radius 1 is 0.377 bits per heavy atom. The van der Waals surface area contributed by atoms with Gasteiger partial charge in [0.1, 0.15) is 68.4 Å². The summed E-state index contributed by atoms with van der Waals surface area (Å²) in [6, 6.07) is 28.9. The Bertz CT molecular complexity index is 6290. The lowest BCUT2D eigenvalue weighted by atomic mass is 10.1. The maximum atomic E-state index is 13.9. The third-order valence-electron chi connectivity index (χ3n) is 30.3. The second-order valence-corrected chi connectivity index (χ2v) is 38.2. The van der Waals surface area contributed by atoms with E-state index in [0.29, 0.717) is 105 Å². The standard InChI is InChI=1S/C26H31N5O3.C26H31N5O2.C25H28FN5O2.C23H27N5O2/c1-30-24-19(29-25(30)17-7-9-22(34-3)28-18(17)10-14-4-5-14)11-16(12-21(24)33-2)26(32)31-13-15-6-8-20(31)23(15)27;1-14-4-8-18(19(28-14)10-15-5-6-15)25-29-20-11-17(12-22(33-3)24(20)30(25)2)26(32)31-13-16-7-9-21(31)23(16)27;1-30-23-18(29-24(30)16-6-8-21(26)28-17(16)9-13-3-4-13)10-15(11-20(23)33-2)25(32)31-12-14-5-7-19(31)22(14)27;1-4-13-11-25-8-7-16(13)22-26-17-9-15(10-19(30-3)21(17)27(22)2)23(29)28-12-14-5-6-18(28)20(14)24/h7,9,11-12,14-15,20,23H,4-6,8,10,13,27H2,1-3H3;4,8,11-12,15-16,21,23H,5-7,9-10,13,27H2,1-3H3;6,8,10-11,13-14,19,22H,3-5,7,9,12,27H2,1-2H3;7-11,14,18,20H,4-6,12,24H2,1-3H3/t15-,20-,23-;16-,21-,23-;14-,19-,22-;14-,18-,20-/m1111/s1. The van der Waals surface area contributed by atoms with Crippen molar-refractivity contribution in [3.63, 3.8) is 0 Å². The van der Waals surface area contributed by atoms with E-state index in [1.807, 2.05) is 141 Å². The summed E-state index contributed by atoms with van der Waals surface area (Å²) in [6.07, 6.45) is 22.9. The number of nitrogens with zero attached hydrogens (tertiary/aromatic N) is 16. The number of methoxy groups -OCH3 is 5. The Morgan fingerprint density at radius 3 is 0.992 bits per heavy atom. The number of amides is 4. The van der Waals surface area contributed by atoms with Crippen LogP contribution in [0.3, 0.4) is 0 Å². The number of imidazole rings is 4. The van der Waals surface area contributed by atoms with Gasteiger partial charge in [-0.05, 0) is 254 Å². The number of hydrogen-bond donors (Lipinski definition) is 4. The van der Waals surface area contributed by atoms with Gasteiger partial charge >= 0.3 is 0 Å². The second-order valence-electron chi connectivity index (χ2n) is 38.2. The highest BCUT2D eigenvalue weighted by Gasteiger charge is 2.51. The molecule has 29 nitrogen and oxygen atoms in total. The van der Waals surface area contributed by atoms with Gasteiger partial charge in [0, 0.05) is 171 Å². The molecule has 30 heteroatoms. The molecule has 4 aliphatic heterocycles. The number of aromatic nitrogens is 12. The van der Waals surface area contributed by atoms with E-state index in [1.54, 1.807) is 53.9 Å². The lowest BCUT2D eigenvalue weighted by Crippen LogP contribution is -2.41. The van der Waals surface area contributed by atoms with Gasteiger partial charge in [-0.15, -0.1) is 0 Å². The van der Waals surface area contributed by atoms with Gasteiger partial charge in [0.05, 0.1) is 74.7 Å². The van der Waals surface area contributed by atoms with Crippen molar-refractivity contribution >= 4 is 67.8 Å². The Hall–Kier alpha value is -12.0. The summed E-state index contributed by atoms with van der Waals surface area (Å²) in [6.45, 7) is 7.08. The van der Waals surface area contributed by atoms with E-state index >= 15 is 0 Å². The normalized spacial score (nSPS) is 23.7. The van der Waals surface area contributed by atoms with E-state index in [4.69, 9.17) is 76.5 Å². The topological polar surface area (TPSA) is 354 Å². The van der Waals surface area contributed by atoms with E-state index < -0.39 is 5.95 Å². The summed E-state index contributed by atoms with van der Waals surface area (Å²) >= 11 is 0. The number of carbonyl (C=O) groups is 4. The predicted octanol–water partition coefficient (Wildman–Crippen LogP) is 12.7. The first-order valence-electron chi connectivity index (χ1n) is 46.4. The Balaban J connectivity index is 0.000000109. The van der Waals surface area contributed by atoms with Crippen LogP contribution in [0.5, 0.6) is 28.9 Å². The molecule has 678 valence electrons. The number of pyridine rings is 4. The number of piperidine rings is 4. The first-order valence-corrected chi connectivity index (χ1v) is 46.4. The molecular weight excluding hydrogens is 1640 g/mol. The van der Waals surface area contributed by atoms with E-state index in [-0.39, 0.29) is 72.0 Å². The highest BCUT2D eigenvalue weighted by atomic mass is 19.1. The molecule has 4 aromatic carbocycles. The number of hydrogen-bond acceptors (Lipinski definition) is 21. The summed E-state index contributed by atoms with van der Waals surface area (Å²) in [5.74, 6) is 9.52. The number of aryl methyl sites for hydroxylation is 6. The number of halogens is 1. The minimum atomic E-state index is -0.475. The van der Waals surface area contributed by atoms with Crippen molar-refractivity contribution in [2.75, 3.05) is 61.7 Å². The smallest absolute Gasteiger partial charge is 0.254 e. The van der Waals surface area contributed by atoms with E-state index in [0.717, 1.165) is 222 Å². The molecule has 8 aromatic heterocycles. The minimum absolute atomic E-state index is 0.00981. The first kappa shape index (κ1) is 86.1.